The summed E-state index contributed by atoms with van der Waals surface area (Å²) < 4.78 is 57.2. The molecule has 32 heavy (non-hydrogen) atoms. The summed E-state index contributed by atoms with van der Waals surface area (Å²) in [5, 5.41) is 15.8. The second kappa shape index (κ2) is 11.3. The summed E-state index contributed by atoms with van der Waals surface area (Å²) in [5.41, 5.74) is 5.96. The van der Waals surface area contributed by atoms with Crippen LogP contribution in [0, 0.1) is 5.41 Å². The number of carboxylic acids is 1. The minimum Gasteiger partial charge on any atom is -0.481 e. The lowest BCUT2D eigenvalue weighted by atomic mass is 10.2. The fourth-order valence-corrected chi connectivity index (χ4v) is 3.05. The molecule has 0 saturated heterocycles. The number of rotatable bonds is 8. The fraction of sp³-hybridized carbons (Fsp3) is 0.167. The Bertz CT molecular complexity index is 1170. The van der Waals surface area contributed by atoms with Crippen molar-refractivity contribution in [1.29, 1.82) is 5.41 Å². The number of sulfonamides is 1. The molecule has 0 fully saturated rings. The summed E-state index contributed by atoms with van der Waals surface area (Å²) in [4.78, 5) is 22.5. The molecule has 0 aliphatic rings. The Morgan fingerprint density at radius 1 is 1.00 bits per heavy atom. The third-order valence-corrected chi connectivity index (χ3v) is 4.88. The van der Waals surface area contributed by atoms with Gasteiger partial charge in [0.25, 0.3) is 10.1 Å². The standard InChI is InChI=1S/C17H17N3O6S.CH4O3S/c18-16(19)11-1-5-13(6-2-11)26-17(23)12-3-7-14(8-4-12)27(24,25)20-10-9-15(21)22;1-5(2,3)4/h1-8,20H,9-10H2,(H3,18,19)(H,21,22);1H3,(H,2,3,4). The Morgan fingerprint density at radius 3 is 1.91 bits per heavy atom. The minimum absolute atomic E-state index is 0.102. The zero-order valence-electron chi connectivity index (χ0n) is 16.7. The highest BCUT2D eigenvalue weighted by Gasteiger charge is 2.16. The first kappa shape index (κ1) is 26.7. The number of hydrogen-bond donors (Lipinski definition) is 5. The van der Waals surface area contributed by atoms with Crippen molar-refractivity contribution in [3.8, 4) is 5.75 Å². The predicted molar refractivity (Wildman–Crippen MR) is 114 cm³/mol. The second-order valence-electron chi connectivity index (χ2n) is 6.13. The molecule has 0 unspecified atom stereocenters. The van der Waals surface area contributed by atoms with E-state index in [-0.39, 0.29) is 35.0 Å². The quantitative estimate of drug-likeness (QED) is 0.114. The molecule has 12 nitrogen and oxygen atoms in total. The molecule has 0 radical (unpaired) electrons. The molecule has 14 heteroatoms. The average molecular weight is 488 g/mol. The van der Waals surface area contributed by atoms with Gasteiger partial charge in [0.1, 0.15) is 11.6 Å². The lowest BCUT2D eigenvalue weighted by molar-refractivity contribution is -0.136. The van der Waals surface area contributed by atoms with Gasteiger partial charge in [0.2, 0.25) is 10.0 Å². The number of nitrogen functional groups attached to an aromatic ring is 1. The lowest BCUT2D eigenvalue weighted by Gasteiger charge is -2.08. The van der Waals surface area contributed by atoms with Gasteiger partial charge in [-0.2, -0.15) is 8.42 Å². The summed E-state index contributed by atoms with van der Waals surface area (Å²) in [6, 6.07) is 11.1. The van der Waals surface area contributed by atoms with Crippen molar-refractivity contribution in [2.45, 2.75) is 11.3 Å². The molecule has 2 aromatic rings. The van der Waals surface area contributed by atoms with Crippen LogP contribution in [0.5, 0.6) is 5.75 Å². The molecule has 6 N–H and O–H groups in total. The minimum atomic E-state index is -3.87. The third kappa shape index (κ3) is 10.1. The first-order chi connectivity index (χ1) is 14.7. The van der Waals surface area contributed by atoms with E-state index >= 15 is 0 Å². The molecule has 0 saturated carbocycles. The van der Waals surface area contributed by atoms with Crippen LogP contribution in [0.1, 0.15) is 22.3 Å². The molecule has 2 aromatic carbocycles. The molecular weight excluding hydrogens is 466 g/mol. The zero-order valence-corrected chi connectivity index (χ0v) is 18.3. The Balaban J connectivity index is 0.000000920. The molecule has 0 amide bonds. The number of benzene rings is 2. The number of nitrogens with one attached hydrogen (secondary N) is 2. The lowest BCUT2D eigenvalue weighted by Crippen LogP contribution is -2.26. The van der Waals surface area contributed by atoms with E-state index in [1.807, 2.05) is 0 Å². The summed E-state index contributed by atoms with van der Waals surface area (Å²) in [5.74, 6) is -1.67. The number of carbonyl (C=O) groups is 2. The summed E-state index contributed by atoms with van der Waals surface area (Å²) in [7, 11) is -7.53. The highest BCUT2D eigenvalue weighted by Crippen LogP contribution is 2.16. The zero-order chi connectivity index (χ0) is 24.5. The summed E-state index contributed by atoms with van der Waals surface area (Å²) in [6.07, 6.45) is 0.374. The molecule has 0 heterocycles. The van der Waals surface area contributed by atoms with Crippen LogP contribution in [0.3, 0.4) is 0 Å². The topological polar surface area (TPSA) is 214 Å². The van der Waals surface area contributed by atoms with Crippen molar-refractivity contribution < 1.29 is 40.8 Å². The van der Waals surface area contributed by atoms with Crippen LogP contribution in [-0.4, -0.2) is 57.1 Å². The predicted octanol–water partition coefficient (Wildman–Crippen LogP) is 0.447. The number of hydrogen-bond acceptors (Lipinski definition) is 8. The van der Waals surface area contributed by atoms with Crippen molar-refractivity contribution >= 4 is 37.9 Å². The molecule has 2 rings (SSSR count). The van der Waals surface area contributed by atoms with Gasteiger partial charge in [-0.1, -0.05) is 0 Å². The number of esters is 1. The molecule has 0 aliphatic heterocycles. The van der Waals surface area contributed by atoms with Crippen LogP contribution in [-0.2, 0) is 24.9 Å². The molecule has 0 spiro atoms. The van der Waals surface area contributed by atoms with E-state index in [1.54, 1.807) is 0 Å². The SMILES string of the molecule is CS(=O)(=O)O.N=C(N)c1ccc(OC(=O)c2ccc(S(=O)(=O)NCCC(=O)O)cc2)cc1. The van der Waals surface area contributed by atoms with Gasteiger partial charge in [-0.25, -0.2) is 17.9 Å². The van der Waals surface area contributed by atoms with E-state index in [4.69, 9.17) is 25.5 Å². The van der Waals surface area contributed by atoms with Crippen molar-refractivity contribution in [3.63, 3.8) is 0 Å². The molecule has 0 bridgehead atoms. The Kier molecular flexibility index (Phi) is 9.46. The van der Waals surface area contributed by atoms with Gasteiger partial charge in [0.05, 0.1) is 23.1 Å². The molecular formula is C18H21N3O9S2. The number of carbonyl (C=O) groups excluding carboxylic acids is 1. The van der Waals surface area contributed by atoms with Crippen molar-refractivity contribution in [3.05, 3.63) is 59.7 Å². The van der Waals surface area contributed by atoms with Gasteiger partial charge >= 0.3 is 11.9 Å². The van der Waals surface area contributed by atoms with E-state index < -0.39 is 32.1 Å². The van der Waals surface area contributed by atoms with Gasteiger partial charge < -0.3 is 15.6 Å². The highest BCUT2D eigenvalue weighted by atomic mass is 32.2. The van der Waals surface area contributed by atoms with E-state index in [2.05, 4.69) is 4.72 Å². The number of amidine groups is 1. The number of ether oxygens (including phenoxy) is 1. The molecule has 0 atom stereocenters. The normalized spacial score (nSPS) is 11.1. The summed E-state index contributed by atoms with van der Waals surface area (Å²) in [6.45, 7) is -0.238. The van der Waals surface area contributed by atoms with Gasteiger partial charge in [-0.3, -0.25) is 14.8 Å². The maximum Gasteiger partial charge on any atom is 0.343 e. The van der Waals surface area contributed by atoms with Crippen LogP contribution in [0.2, 0.25) is 0 Å². The first-order valence-electron chi connectivity index (χ1n) is 8.59. The number of nitrogens with two attached hydrogens (primary N) is 1. The molecule has 0 aliphatic carbocycles. The molecule has 174 valence electrons. The van der Waals surface area contributed by atoms with Crippen molar-refractivity contribution in [2.24, 2.45) is 5.73 Å². The van der Waals surface area contributed by atoms with Crippen LogP contribution in [0.4, 0.5) is 0 Å². The molecule has 0 aromatic heterocycles. The van der Waals surface area contributed by atoms with E-state index in [0.717, 1.165) is 0 Å². The number of aliphatic carboxylic acids is 1. The Morgan fingerprint density at radius 2 is 1.47 bits per heavy atom. The largest absolute Gasteiger partial charge is 0.481 e. The maximum atomic E-state index is 12.1. The van der Waals surface area contributed by atoms with Crippen LogP contribution < -0.4 is 15.2 Å². The average Bonchev–Trinajstić information content (AvgIpc) is 2.66. The van der Waals surface area contributed by atoms with E-state index in [9.17, 15) is 26.4 Å². The van der Waals surface area contributed by atoms with Gasteiger partial charge in [0.15, 0.2) is 0 Å². The maximum absolute atomic E-state index is 12.1. The number of carboxylic acid groups (broad SMARTS) is 1. The summed E-state index contributed by atoms with van der Waals surface area (Å²) >= 11 is 0. The smallest absolute Gasteiger partial charge is 0.343 e. The second-order valence-corrected chi connectivity index (χ2v) is 9.36. The Hall–Kier alpha value is -3.33. The highest BCUT2D eigenvalue weighted by molar-refractivity contribution is 7.89. The first-order valence-corrected chi connectivity index (χ1v) is 11.9. The van der Waals surface area contributed by atoms with Crippen LogP contribution in [0.15, 0.2) is 53.4 Å². The van der Waals surface area contributed by atoms with Gasteiger partial charge in [0, 0.05) is 12.1 Å². The van der Waals surface area contributed by atoms with E-state index in [0.29, 0.717) is 11.8 Å². The Labute approximate surface area is 184 Å². The van der Waals surface area contributed by atoms with Crippen molar-refractivity contribution in [2.75, 3.05) is 12.8 Å². The fourth-order valence-electron chi connectivity index (χ4n) is 2.01. The van der Waals surface area contributed by atoms with Gasteiger partial charge in [-0.05, 0) is 48.5 Å². The third-order valence-electron chi connectivity index (χ3n) is 3.41. The van der Waals surface area contributed by atoms with Gasteiger partial charge in [-0.15, -0.1) is 0 Å². The van der Waals surface area contributed by atoms with Crippen LogP contribution in [0.25, 0.3) is 0 Å². The monoisotopic (exact) mass is 487 g/mol. The van der Waals surface area contributed by atoms with Crippen LogP contribution >= 0.6 is 0 Å². The van der Waals surface area contributed by atoms with E-state index in [1.165, 1.54) is 48.5 Å². The van der Waals surface area contributed by atoms with Crippen molar-refractivity contribution in [1.82, 2.24) is 4.72 Å².